The van der Waals surface area contributed by atoms with E-state index >= 15 is 0 Å². The highest BCUT2D eigenvalue weighted by atomic mass is 16.5. The maximum absolute atomic E-state index is 12.5. The van der Waals surface area contributed by atoms with Crippen LogP contribution < -0.4 is 10.1 Å². The quantitative estimate of drug-likeness (QED) is 0.760. The number of aliphatic carboxylic acids is 1. The molecule has 0 aliphatic carbocycles. The van der Waals surface area contributed by atoms with Crippen molar-refractivity contribution in [2.45, 2.75) is 25.4 Å². The first-order valence-electron chi connectivity index (χ1n) is 9.16. The van der Waals surface area contributed by atoms with Crippen molar-refractivity contribution in [3.8, 4) is 5.75 Å². The van der Waals surface area contributed by atoms with Gasteiger partial charge in [-0.15, -0.1) is 0 Å². The molecule has 3 rings (SSSR count). The number of hydrogen-bond acceptors (Lipinski definition) is 5. The first kappa shape index (κ1) is 19.7. The minimum absolute atomic E-state index is 0.154. The number of rotatable bonds is 5. The van der Waals surface area contributed by atoms with Gasteiger partial charge in [-0.25, -0.2) is 0 Å². The fourth-order valence-electron chi connectivity index (χ4n) is 3.34. The molecular weight excluding hydrogens is 366 g/mol. The predicted octanol–water partition coefficient (Wildman–Crippen LogP) is 0.558. The number of nitrogens with zero attached hydrogens (tertiary/aromatic N) is 2. The van der Waals surface area contributed by atoms with E-state index in [1.807, 2.05) is 0 Å². The van der Waals surface area contributed by atoms with Crippen molar-refractivity contribution in [1.82, 2.24) is 9.80 Å². The zero-order chi connectivity index (χ0) is 20.3. The Morgan fingerprint density at radius 1 is 1.32 bits per heavy atom. The van der Waals surface area contributed by atoms with Crippen LogP contribution in [0.25, 0.3) is 0 Å². The fraction of sp³-hybridized carbons (Fsp3) is 0.474. The van der Waals surface area contributed by atoms with Crippen molar-refractivity contribution in [2.24, 2.45) is 5.92 Å². The lowest BCUT2D eigenvalue weighted by atomic mass is 9.98. The maximum Gasteiger partial charge on any atom is 0.308 e. The molecule has 0 bridgehead atoms. The lowest BCUT2D eigenvalue weighted by Crippen LogP contribution is -2.48. The van der Waals surface area contributed by atoms with Crippen molar-refractivity contribution >= 4 is 29.4 Å². The van der Waals surface area contributed by atoms with E-state index in [1.54, 1.807) is 24.3 Å². The third-order valence-corrected chi connectivity index (χ3v) is 4.99. The number of fused-ring (bicyclic) bond motifs is 1. The summed E-state index contributed by atoms with van der Waals surface area (Å²) in [4.78, 5) is 50.9. The van der Waals surface area contributed by atoms with E-state index in [4.69, 9.17) is 9.84 Å². The van der Waals surface area contributed by atoms with Gasteiger partial charge in [-0.3, -0.25) is 19.2 Å². The summed E-state index contributed by atoms with van der Waals surface area (Å²) in [7, 11) is 1.48. The van der Waals surface area contributed by atoms with Gasteiger partial charge in [0.2, 0.25) is 11.8 Å². The van der Waals surface area contributed by atoms with Crippen LogP contribution in [0.5, 0.6) is 5.75 Å². The van der Waals surface area contributed by atoms with Gasteiger partial charge in [0.25, 0.3) is 5.91 Å². The molecular formula is C19H23N3O6. The molecule has 2 unspecified atom stereocenters. The minimum Gasteiger partial charge on any atom is -0.481 e. The van der Waals surface area contributed by atoms with Gasteiger partial charge in [-0.2, -0.15) is 0 Å². The maximum atomic E-state index is 12.5. The van der Waals surface area contributed by atoms with E-state index in [-0.39, 0.29) is 25.4 Å². The van der Waals surface area contributed by atoms with Gasteiger partial charge in [0.1, 0.15) is 5.75 Å². The zero-order valence-electron chi connectivity index (χ0n) is 15.6. The van der Waals surface area contributed by atoms with Crippen LogP contribution in [-0.4, -0.2) is 71.4 Å². The molecule has 0 aromatic heterocycles. The number of piperidine rings is 1. The highest BCUT2D eigenvalue weighted by Gasteiger charge is 2.32. The number of carboxylic acid groups (broad SMARTS) is 1. The van der Waals surface area contributed by atoms with Crippen molar-refractivity contribution in [3.63, 3.8) is 0 Å². The molecule has 1 fully saturated rings. The van der Waals surface area contributed by atoms with Crippen LogP contribution in [-0.2, 0) is 19.2 Å². The van der Waals surface area contributed by atoms with Crippen LogP contribution in [0.2, 0.25) is 0 Å². The monoisotopic (exact) mass is 389 g/mol. The molecule has 0 spiro atoms. The Morgan fingerprint density at radius 3 is 2.82 bits per heavy atom. The van der Waals surface area contributed by atoms with Gasteiger partial charge < -0.3 is 25.0 Å². The Bertz CT molecular complexity index is 796. The molecule has 2 aliphatic rings. The standard InChI is InChI=1S/C19H23N3O6/c1-21(11-17(24)22-8-4-5-12(10-22)19(26)27)16(23)9-15-18(25)20-13-6-2-3-7-14(13)28-15/h2-3,6-7,12,15H,4-5,8-11H2,1H3,(H,20,25)(H,26,27). The van der Waals surface area contributed by atoms with E-state index < -0.39 is 29.8 Å². The Balaban J connectivity index is 1.54. The summed E-state index contributed by atoms with van der Waals surface area (Å²) < 4.78 is 5.61. The van der Waals surface area contributed by atoms with Gasteiger partial charge in [0.15, 0.2) is 6.10 Å². The second-order valence-electron chi connectivity index (χ2n) is 7.06. The van der Waals surface area contributed by atoms with Crippen LogP contribution in [0.1, 0.15) is 19.3 Å². The van der Waals surface area contributed by atoms with Crippen LogP contribution in [0.15, 0.2) is 24.3 Å². The van der Waals surface area contributed by atoms with Crippen LogP contribution in [0, 0.1) is 5.92 Å². The third kappa shape index (κ3) is 4.41. The summed E-state index contributed by atoms with van der Waals surface area (Å²) in [5.74, 6) is -2.11. The molecule has 1 aromatic rings. The second-order valence-corrected chi connectivity index (χ2v) is 7.06. The molecule has 9 nitrogen and oxygen atoms in total. The van der Waals surface area contributed by atoms with E-state index in [0.29, 0.717) is 30.8 Å². The lowest BCUT2D eigenvalue weighted by molar-refractivity contribution is -0.147. The van der Waals surface area contributed by atoms with Gasteiger partial charge >= 0.3 is 5.97 Å². The molecule has 2 heterocycles. The van der Waals surface area contributed by atoms with Crippen molar-refractivity contribution in [1.29, 1.82) is 0 Å². The number of ether oxygens (including phenoxy) is 1. The second kappa shape index (κ2) is 8.28. The van der Waals surface area contributed by atoms with Gasteiger partial charge in [-0.1, -0.05) is 12.1 Å². The van der Waals surface area contributed by atoms with E-state index in [9.17, 15) is 19.2 Å². The summed E-state index contributed by atoms with van der Waals surface area (Å²) in [5, 5.41) is 11.8. The summed E-state index contributed by atoms with van der Waals surface area (Å²) in [6.45, 7) is 0.465. The average molecular weight is 389 g/mol. The highest BCUT2D eigenvalue weighted by Crippen LogP contribution is 2.29. The summed E-state index contributed by atoms with van der Waals surface area (Å²) in [5.41, 5.74) is 0.554. The normalized spacial score (nSPS) is 21.2. The number of nitrogens with one attached hydrogen (secondary N) is 1. The molecule has 1 saturated heterocycles. The van der Waals surface area contributed by atoms with E-state index in [1.165, 1.54) is 16.8 Å². The van der Waals surface area contributed by atoms with Gasteiger partial charge in [0.05, 0.1) is 24.6 Å². The summed E-state index contributed by atoms with van der Waals surface area (Å²) >= 11 is 0. The number of likely N-dealkylation sites (N-methyl/N-ethyl adjacent to an activating group) is 1. The summed E-state index contributed by atoms with van der Waals surface area (Å²) in [6.07, 6.45) is 0.00690. The molecule has 2 atom stereocenters. The molecule has 1 aromatic carbocycles. The molecule has 9 heteroatoms. The molecule has 0 radical (unpaired) electrons. The van der Waals surface area contributed by atoms with Crippen LogP contribution >= 0.6 is 0 Å². The third-order valence-electron chi connectivity index (χ3n) is 4.99. The Hall–Kier alpha value is -3.10. The van der Waals surface area contributed by atoms with Gasteiger partial charge in [-0.05, 0) is 25.0 Å². The molecule has 0 saturated carbocycles. The van der Waals surface area contributed by atoms with E-state index in [0.717, 1.165) is 0 Å². The van der Waals surface area contributed by atoms with Crippen LogP contribution in [0.3, 0.4) is 0 Å². The highest BCUT2D eigenvalue weighted by molar-refractivity contribution is 6.00. The number of carboxylic acids is 1. The Labute approximate surface area is 162 Å². The number of para-hydroxylation sites is 2. The Kier molecular flexibility index (Phi) is 5.81. The van der Waals surface area contributed by atoms with Crippen molar-refractivity contribution in [3.05, 3.63) is 24.3 Å². The number of benzene rings is 1. The average Bonchev–Trinajstić information content (AvgIpc) is 2.68. The zero-order valence-corrected chi connectivity index (χ0v) is 15.6. The Morgan fingerprint density at radius 2 is 2.07 bits per heavy atom. The van der Waals surface area contributed by atoms with Gasteiger partial charge in [0, 0.05) is 20.1 Å². The topological polar surface area (TPSA) is 116 Å². The lowest BCUT2D eigenvalue weighted by Gasteiger charge is -2.32. The molecule has 2 N–H and O–H groups in total. The summed E-state index contributed by atoms with van der Waals surface area (Å²) in [6, 6.07) is 6.94. The first-order chi connectivity index (χ1) is 13.3. The predicted molar refractivity (Wildman–Crippen MR) is 98.7 cm³/mol. The number of hydrogen-bond donors (Lipinski definition) is 2. The number of carbonyl (C=O) groups excluding carboxylic acids is 3. The smallest absolute Gasteiger partial charge is 0.308 e. The van der Waals surface area contributed by atoms with Crippen molar-refractivity contribution < 1.29 is 29.0 Å². The SMILES string of the molecule is CN(CC(=O)N1CCCC(C(=O)O)C1)C(=O)CC1Oc2ccccc2NC1=O. The first-order valence-corrected chi connectivity index (χ1v) is 9.16. The largest absolute Gasteiger partial charge is 0.481 e. The van der Waals surface area contributed by atoms with E-state index in [2.05, 4.69) is 5.32 Å². The minimum atomic E-state index is -0.966. The number of carbonyl (C=O) groups is 4. The molecule has 150 valence electrons. The molecule has 3 amide bonds. The number of anilines is 1. The van der Waals surface area contributed by atoms with Crippen LogP contribution in [0.4, 0.5) is 5.69 Å². The number of amides is 3. The fourth-order valence-corrected chi connectivity index (χ4v) is 3.34. The van der Waals surface area contributed by atoms with Crippen molar-refractivity contribution in [2.75, 3.05) is 32.0 Å². The number of likely N-dealkylation sites (tertiary alicyclic amines) is 1. The molecule has 28 heavy (non-hydrogen) atoms. The molecule has 2 aliphatic heterocycles.